The maximum absolute atomic E-state index is 15.0. The van der Waals surface area contributed by atoms with Gasteiger partial charge in [0.1, 0.15) is 11.9 Å². The number of benzene rings is 2. The summed E-state index contributed by atoms with van der Waals surface area (Å²) in [6, 6.07) is 3.92. The van der Waals surface area contributed by atoms with Crippen molar-refractivity contribution < 1.29 is 44.3 Å². The van der Waals surface area contributed by atoms with Crippen LogP contribution in [0.3, 0.4) is 0 Å². The monoisotopic (exact) mass is 592 g/mol. The van der Waals surface area contributed by atoms with Crippen LogP contribution in [0.4, 0.5) is 32.0 Å². The number of sulfonamides is 1. The van der Waals surface area contributed by atoms with Gasteiger partial charge in [-0.2, -0.15) is 4.31 Å². The van der Waals surface area contributed by atoms with Crippen molar-refractivity contribution in [1.82, 2.24) is 9.29 Å². The number of halogens is 7. The minimum absolute atomic E-state index is 0.152. The first-order valence-corrected chi connectivity index (χ1v) is 12.6. The van der Waals surface area contributed by atoms with Gasteiger partial charge >= 0.3 is 0 Å². The first-order valence-electron chi connectivity index (χ1n) is 10.8. The highest BCUT2D eigenvalue weighted by Crippen LogP contribution is 2.35. The number of amides is 2. The second-order valence-electron chi connectivity index (χ2n) is 8.24. The lowest BCUT2D eigenvalue weighted by Crippen LogP contribution is -2.59. The zero-order chi connectivity index (χ0) is 28.8. The molecule has 0 bridgehead atoms. The van der Waals surface area contributed by atoms with Crippen LogP contribution in [-0.2, 0) is 21.4 Å². The van der Waals surface area contributed by atoms with E-state index in [4.69, 9.17) is 17.3 Å². The van der Waals surface area contributed by atoms with E-state index >= 15 is 4.39 Å². The van der Waals surface area contributed by atoms with Gasteiger partial charge in [0.2, 0.25) is 27.7 Å². The SMILES string of the molecule is NC(=O)c1ccc(N(Cc2ccc(Cl)cn2)C(=O)[C@H]2CCN2S(=O)(=O)c2c(F)c(F)c(F)c(F)c2F)c(F)c1. The van der Waals surface area contributed by atoms with E-state index in [9.17, 15) is 40.0 Å². The third-order valence-corrected chi connectivity index (χ3v) is 8.04. The van der Waals surface area contributed by atoms with Crippen LogP contribution in [0.2, 0.25) is 5.02 Å². The van der Waals surface area contributed by atoms with Crippen molar-refractivity contribution in [3.8, 4) is 0 Å². The van der Waals surface area contributed by atoms with E-state index in [0.29, 0.717) is 0 Å². The highest BCUT2D eigenvalue weighted by Gasteiger charge is 2.48. The molecule has 0 unspecified atom stereocenters. The van der Waals surface area contributed by atoms with E-state index in [-0.39, 0.29) is 27.0 Å². The van der Waals surface area contributed by atoms with Gasteiger partial charge in [0.25, 0.3) is 0 Å². The molecule has 2 aromatic carbocycles. The second-order valence-corrected chi connectivity index (χ2v) is 10.5. The molecule has 1 aliphatic heterocycles. The summed E-state index contributed by atoms with van der Waals surface area (Å²) in [5.41, 5.74) is 4.61. The quantitative estimate of drug-likeness (QED) is 0.256. The Balaban J connectivity index is 1.75. The lowest BCUT2D eigenvalue weighted by atomic mass is 10.0. The average molecular weight is 593 g/mol. The van der Waals surface area contributed by atoms with Crippen LogP contribution in [0.15, 0.2) is 41.4 Å². The highest BCUT2D eigenvalue weighted by atomic mass is 35.5. The van der Waals surface area contributed by atoms with Crippen LogP contribution < -0.4 is 10.6 Å². The molecule has 206 valence electrons. The molecule has 4 rings (SSSR count). The minimum atomic E-state index is -5.44. The fourth-order valence-electron chi connectivity index (χ4n) is 3.83. The van der Waals surface area contributed by atoms with E-state index in [1.54, 1.807) is 0 Å². The minimum Gasteiger partial charge on any atom is -0.366 e. The number of rotatable bonds is 7. The molecule has 8 nitrogen and oxygen atoms in total. The summed E-state index contributed by atoms with van der Waals surface area (Å²) >= 11 is 5.81. The second kappa shape index (κ2) is 10.5. The molecule has 1 fully saturated rings. The lowest BCUT2D eigenvalue weighted by molar-refractivity contribution is -0.125. The van der Waals surface area contributed by atoms with Crippen LogP contribution in [-0.4, -0.2) is 42.1 Å². The van der Waals surface area contributed by atoms with Crippen molar-refractivity contribution in [3.05, 3.63) is 87.7 Å². The van der Waals surface area contributed by atoms with Gasteiger partial charge in [-0.05, 0) is 36.8 Å². The summed E-state index contributed by atoms with van der Waals surface area (Å²) in [6.07, 6.45) is 0.981. The number of pyridine rings is 1. The first-order chi connectivity index (χ1) is 18.2. The summed E-state index contributed by atoms with van der Waals surface area (Å²) in [5.74, 6) is -15.9. The number of carbonyl (C=O) groups excluding carboxylic acids is 2. The van der Waals surface area contributed by atoms with E-state index < -0.39 is 86.5 Å². The Labute approximate surface area is 221 Å². The molecule has 2 amide bonds. The molecule has 0 radical (unpaired) electrons. The van der Waals surface area contributed by atoms with Gasteiger partial charge in [-0.25, -0.2) is 34.8 Å². The third kappa shape index (κ3) is 5.04. The van der Waals surface area contributed by atoms with E-state index in [1.165, 1.54) is 18.3 Å². The average Bonchev–Trinajstić information content (AvgIpc) is 2.85. The standard InChI is InChI=1S/C23H15ClF6N4O4S/c24-11-2-3-12(32-8-11)9-33(14-4-1-10(22(31)35)7-13(14)25)23(36)15-5-6-34(15)39(37,38)21-19(29)17(27)16(26)18(28)20(21)30/h1-4,7-8,15H,5-6,9H2,(H2,31,35)/t15-/m1/s1. The van der Waals surface area contributed by atoms with Gasteiger partial charge in [-0.1, -0.05) is 11.6 Å². The maximum atomic E-state index is 15.0. The van der Waals surface area contributed by atoms with Gasteiger partial charge in [-0.3, -0.25) is 14.6 Å². The summed E-state index contributed by atoms with van der Waals surface area (Å²) in [7, 11) is -5.44. The van der Waals surface area contributed by atoms with E-state index in [0.717, 1.165) is 23.1 Å². The van der Waals surface area contributed by atoms with Crippen LogP contribution >= 0.6 is 11.6 Å². The molecule has 0 spiro atoms. The van der Waals surface area contributed by atoms with Gasteiger partial charge < -0.3 is 10.6 Å². The Bertz CT molecular complexity index is 1580. The molecule has 39 heavy (non-hydrogen) atoms. The highest BCUT2D eigenvalue weighted by molar-refractivity contribution is 7.89. The largest absolute Gasteiger partial charge is 0.366 e. The predicted molar refractivity (Wildman–Crippen MR) is 124 cm³/mol. The molecule has 1 aliphatic rings. The summed E-state index contributed by atoms with van der Waals surface area (Å²) in [4.78, 5) is 27.6. The number of aromatic nitrogens is 1. The summed E-state index contributed by atoms with van der Waals surface area (Å²) < 4.78 is 111. The summed E-state index contributed by atoms with van der Waals surface area (Å²) in [5, 5.41) is 0.229. The number of nitrogens with two attached hydrogens (primary N) is 1. The zero-order valence-electron chi connectivity index (χ0n) is 19.3. The predicted octanol–water partition coefficient (Wildman–Crippen LogP) is 3.66. The number of hydrogen-bond acceptors (Lipinski definition) is 5. The molecule has 16 heteroatoms. The van der Waals surface area contributed by atoms with Crippen molar-refractivity contribution in [3.63, 3.8) is 0 Å². The Morgan fingerprint density at radius 1 is 1.00 bits per heavy atom. The molecule has 1 atom stereocenters. The molecular weight excluding hydrogens is 578 g/mol. The molecule has 3 aromatic rings. The Morgan fingerprint density at radius 3 is 2.10 bits per heavy atom. The van der Waals surface area contributed by atoms with E-state index in [2.05, 4.69) is 4.98 Å². The summed E-state index contributed by atoms with van der Waals surface area (Å²) in [6.45, 7) is -0.982. The Morgan fingerprint density at radius 2 is 1.62 bits per heavy atom. The Hall–Kier alpha value is -3.69. The van der Waals surface area contributed by atoms with Crippen LogP contribution in [0.5, 0.6) is 0 Å². The normalized spacial score (nSPS) is 15.6. The van der Waals surface area contributed by atoms with Crippen molar-refractivity contribution in [2.45, 2.75) is 23.9 Å². The molecule has 2 heterocycles. The van der Waals surface area contributed by atoms with Crippen molar-refractivity contribution in [1.29, 1.82) is 0 Å². The van der Waals surface area contributed by atoms with Crippen molar-refractivity contribution in [2.75, 3.05) is 11.4 Å². The maximum Gasteiger partial charge on any atom is 0.249 e. The van der Waals surface area contributed by atoms with Crippen molar-refractivity contribution in [2.24, 2.45) is 5.73 Å². The smallest absolute Gasteiger partial charge is 0.249 e. The molecule has 1 aromatic heterocycles. The first kappa shape index (κ1) is 28.3. The van der Waals surface area contributed by atoms with Crippen LogP contribution in [0, 0.1) is 34.9 Å². The number of hydrogen-bond donors (Lipinski definition) is 1. The van der Waals surface area contributed by atoms with Gasteiger partial charge in [0.05, 0.1) is 22.9 Å². The van der Waals surface area contributed by atoms with Gasteiger partial charge in [-0.15, -0.1) is 0 Å². The van der Waals surface area contributed by atoms with Crippen LogP contribution in [0.25, 0.3) is 0 Å². The topological polar surface area (TPSA) is 114 Å². The molecule has 0 aliphatic carbocycles. The third-order valence-electron chi connectivity index (χ3n) is 5.89. The number of carbonyl (C=O) groups is 2. The number of primary amides is 1. The zero-order valence-corrected chi connectivity index (χ0v) is 20.8. The lowest BCUT2D eigenvalue weighted by Gasteiger charge is -2.41. The fourth-order valence-corrected chi connectivity index (χ4v) is 5.68. The molecule has 1 saturated heterocycles. The molecule has 0 saturated carbocycles. The Kier molecular flexibility index (Phi) is 7.60. The fraction of sp³-hybridized carbons (Fsp3) is 0.174. The number of nitrogens with zero attached hydrogens (tertiary/aromatic N) is 3. The van der Waals surface area contributed by atoms with Crippen LogP contribution in [0.1, 0.15) is 22.5 Å². The van der Waals surface area contributed by atoms with E-state index in [1.807, 2.05) is 0 Å². The molecular formula is C23H15ClF6N4O4S. The molecule has 2 N–H and O–H groups in total. The van der Waals surface area contributed by atoms with Gasteiger partial charge in [0, 0.05) is 18.3 Å². The van der Waals surface area contributed by atoms with Gasteiger partial charge in [0.15, 0.2) is 28.2 Å². The number of anilines is 1. The van der Waals surface area contributed by atoms with Crippen molar-refractivity contribution >= 4 is 39.1 Å².